The average Bonchev–Trinajstić information content (AvgIpc) is 2.93. The van der Waals surface area contributed by atoms with Gasteiger partial charge in [-0.05, 0) is 25.3 Å². The number of nitrogens with zero attached hydrogens (tertiary/aromatic N) is 3. The number of carboxylic acid groups (broad SMARTS) is 1. The molecule has 0 saturated carbocycles. The van der Waals surface area contributed by atoms with Gasteiger partial charge in [0.1, 0.15) is 11.4 Å². The first kappa shape index (κ1) is 13.5. The summed E-state index contributed by atoms with van der Waals surface area (Å²) in [6.07, 6.45) is 1.39. The van der Waals surface area contributed by atoms with E-state index >= 15 is 0 Å². The molecule has 0 radical (unpaired) electrons. The first-order valence-electron chi connectivity index (χ1n) is 6.06. The normalized spacial score (nSPS) is 10.4. The molecule has 0 spiro atoms. The van der Waals surface area contributed by atoms with Gasteiger partial charge in [-0.3, -0.25) is 0 Å². The van der Waals surface area contributed by atoms with Crippen molar-refractivity contribution in [2.24, 2.45) is 0 Å². The summed E-state index contributed by atoms with van der Waals surface area (Å²) in [6.45, 7) is 5.36. The number of hydrogen-bond acceptors (Lipinski definition) is 5. The Balaban J connectivity index is 2.52. The maximum Gasteiger partial charge on any atom is 0.341 e. The number of aromatic nitrogens is 2. The molecule has 0 aliphatic heterocycles. The largest absolute Gasteiger partial charge is 0.477 e. The van der Waals surface area contributed by atoms with Crippen LogP contribution in [0.5, 0.6) is 0 Å². The summed E-state index contributed by atoms with van der Waals surface area (Å²) < 4.78 is 0. The van der Waals surface area contributed by atoms with Crippen LogP contribution in [0.15, 0.2) is 23.7 Å². The minimum Gasteiger partial charge on any atom is -0.477 e. The van der Waals surface area contributed by atoms with Gasteiger partial charge in [-0.2, -0.15) is 0 Å². The molecule has 0 aromatic carbocycles. The Morgan fingerprint density at radius 2 is 2.16 bits per heavy atom. The van der Waals surface area contributed by atoms with E-state index in [4.69, 9.17) is 0 Å². The van der Waals surface area contributed by atoms with E-state index in [2.05, 4.69) is 9.97 Å². The second kappa shape index (κ2) is 5.79. The number of aromatic carboxylic acids is 1. The predicted molar refractivity (Wildman–Crippen MR) is 75.9 cm³/mol. The van der Waals surface area contributed by atoms with Crippen LogP contribution in [-0.2, 0) is 0 Å². The summed E-state index contributed by atoms with van der Waals surface area (Å²) in [5.41, 5.74) is 0.143. The number of anilines is 1. The van der Waals surface area contributed by atoms with Crippen molar-refractivity contribution in [1.29, 1.82) is 0 Å². The smallest absolute Gasteiger partial charge is 0.341 e. The van der Waals surface area contributed by atoms with E-state index in [9.17, 15) is 9.90 Å². The van der Waals surface area contributed by atoms with Crippen LogP contribution in [-0.4, -0.2) is 34.1 Å². The standard InChI is InChI=1S/C13H15N3O2S/c1-3-16(4-2)12-9(13(17)18)8-14-11(15-12)10-6-5-7-19-10/h5-8H,3-4H2,1-2H3,(H,17,18). The van der Waals surface area contributed by atoms with Crippen LogP contribution in [0.3, 0.4) is 0 Å². The van der Waals surface area contributed by atoms with Gasteiger partial charge in [0.05, 0.1) is 4.88 Å². The van der Waals surface area contributed by atoms with E-state index in [1.54, 1.807) is 0 Å². The summed E-state index contributed by atoms with van der Waals surface area (Å²) in [5, 5.41) is 11.2. The Bertz CT molecular complexity index is 565. The van der Waals surface area contributed by atoms with Gasteiger partial charge >= 0.3 is 5.97 Å². The van der Waals surface area contributed by atoms with Gasteiger partial charge in [-0.15, -0.1) is 11.3 Å². The lowest BCUT2D eigenvalue weighted by molar-refractivity contribution is 0.0696. The maximum atomic E-state index is 11.3. The lowest BCUT2D eigenvalue weighted by Gasteiger charge is -2.21. The van der Waals surface area contributed by atoms with Crippen molar-refractivity contribution in [1.82, 2.24) is 9.97 Å². The van der Waals surface area contributed by atoms with E-state index in [0.717, 1.165) is 4.88 Å². The molecule has 2 aromatic heterocycles. The summed E-state index contributed by atoms with van der Waals surface area (Å²) in [5.74, 6) is 0.0532. The quantitative estimate of drug-likeness (QED) is 0.910. The van der Waals surface area contributed by atoms with Crippen LogP contribution in [0.1, 0.15) is 24.2 Å². The third kappa shape index (κ3) is 2.73. The number of carboxylic acids is 1. The molecule has 19 heavy (non-hydrogen) atoms. The van der Waals surface area contributed by atoms with E-state index in [1.165, 1.54) is 17.5 Å². The van der Waals surface area contributed by atoms with Crippen molar-refractivity contribution >= 4 is 23.1 Å². The molecule has 0 unspecified atom stereocenters. The highest BCUT2D eigenvalue weighted by Gasteiger charge is 2.18. The third-order valence-electron chi connectivity index (χ3n) is 2.80. The second-order valence-corrected chi connectivity index (χ2v) is 4.83. The van der Waals surface area contributed by atoms with Crippen LogP contribution < -0.4 is 4.90 Å². The molecule has 100 valence electrons. The lowest BCUT2D eigenvalue weighted by atomic mass is 10.2. The maximum absolute atomic E-state index is 11.3. The van der Waals surface area contributed by atoms with Gasteiger partial charge in [0.2, 0.25) is 0 Å². The summed E-state index contributed by atoms with van der Waals surface area (Å²) >= 11 is 1.53. The Hall–Kier alpha value is -1.95. The fourth-order valence-electron chi connectivity index (χ4n) is 1.81. The fourth-order valence-corrected chi connectivity index (χ4v) is 2.48. The highest BCUT2D eigenvalue weighted by atomic mass is 32.1. The SMILES string of the molecule is CCN(CC)c1nc(-c2cccs2)ncc1C(=O)O. The van der Waals surface area contributed by atoms with Gasteiger partial charge in [0.25, 0.3) is 0 Å². The number of carbonyl (C=O) groups is 1. The summed E-state index contributed by atoms with van der Waals surface area (Å²) in [4.78, 5) is 22.7. The minimum atomic E-state index is -1.00. The molecule has 5 nitrogen and oxygen atoms in total. The molecule has 0 amide bonds. The van der Waals surface area contributed by atoms with Crippen LogP contribution >= 0.6 is 11.3 Å². The van der Waals surface area contributed by atoms with Gasteiger partial charge in [0.15, 0.2) is 5.82 Å². The zero-order valence-electron chi connectivity index (χ0n) is 10.8. The highest BCUT2D eigenvalue weighted by Crippen LogP contribution is 2.25. The molecule has 1 N–H and O–H groups in total. The van der Waals surface area contributed by atoms with Crippen LogP contribution in [0, 0.1) is 0 Å². The number of hydrogen-bond donors (Lipinski definition) is 1. The fraction of sp³-hybridized carbons (Fsp3) is 0.308. The van der Waals surface area contributed by atoms with Crippen LogP contribution in [0.2, 0.25) is 0 Å². The molecule has 6 heteroatoms. The summed E-state index contributed by atoms with van der Waals surface area (Å²) in [6, 6.07) is 3.85. The molecule has 0 aliphatic carbocycles. The number of rotatable bonds is 5. The zero-order valence-corrected chi connectivity index (χ0v) is 11.6. The average molecular weight is 277 g/mol. The Labute approximate surface area is 115 Å². The Morgan fingerprint density at radius 3 is 2.68 bits per heavy atom. The summed E-state index contributed by atoms with van der Waals surface area (Å²) in [7, 11) is 0. The second-order valence-electron chi connectivity index (χ2n) is 3.89. The first-order chi connectivity index (χ1) is 9.17. The van der Waals surface area contributed by atoms with Crippen molar-refractivity contribution in [3.8, 4) is 10.7 Å². The lowest BCUT2D eigenvalue weighted by Crippen LogP contribution is -2.25. The molecular weight excluding hydrogens is 262 g/mol. The van der Waals surface area contributed by atoms with E-state index < -0.39 is 5.97 Å². The molecule has 0 aliphatic rings. The van der Waals surface area contributed by atoms with Gasteiger partial charge in [0, 0.05) is 19.3 Å². The Morgan fingerprint density at radius 1 is 1.42 bits per heavy atom. The zero-order chi connectivity index (χ0) is 13.8. The monoisotopic (exact) mass is 277 g/mol. The number of thiophene rings is 1. The first-order valence-corrected chi connectivity index (χ1v) is 6.94. The van der Waals surface area contributed by atoms with E-state index in [-0.39, 0.29) is 5.56 Å². The molecule has 0 saturated heterocycles. The van der Waals surface area contributed by atoms with Crippen molar-refractivity contribution < 1.29 is 9.90 Å². The third-order valence-corrected chi connectivity index (χ3v) is 3.67. The van der Waals surface area contributed by atoms with Gasteiger partial charge in [-0.25, -0.2) is 14.8 Å². The highest BCUT2D eigenvalue weighted by molar-refractivity contribution is 7.13. The van der Waals surface area contributed by atoms with Crippen LogP contribution in [0.25, 0.3) is 10.7 Å². The van der Waals surface area contributed by atoms with Crippen molar-refractivity contribution in [2.45, 2.75) is 13.8 Å². The van der Waals surface area contributed by atoms with E-state index in [1.807, 2.05) is 36.3 Å². The predicted octanol–water partition coefficient (Wildman–Crippen LogP) is 2.75. The van der Waals surface area contributed by atoms with Crippen molar-refractivity contribution in [2.75, 3.05) is 18.0 Å². The van der Waals surface area contributed by atoms with Crippen molar-refractivity contribution in [3.05, 3.63) is 29.3 Å². The molecule has 2 heterocycles. The van der Waals surface area contributed by atoms with Gasteiger partial charge < -0.3 is 10.0 Å². The topological polar surface area (TPSA) is 66.3 Å². The van der Waals surface area contributed by atoms with Crippen molar-refractivity contribution in [3.63, 3.8) is 0 Å². The molecule has 0 bridgehead atoms. The molecule has 2 rings (SSSR count). The molecule has 0 fully saturated rings. The molecule has 2 aromatic rings. The molecular formula is C13H15N3O2S. The van der Waals surface area contributed by atoms with E-state index in [0.29, 0.717) is 24.7 Å². The minimum absolute atomic E-state index is 0.143. The Kier molecular flexibility index (Phi) is 4.11. The van der Waals surface area contributed by atoms with Crippen LogP contribution in [0.4, 0.5) is 5.82 Å². The molecule has 0 atom stereocenters. The van der Waals surface area contributed by atoms with Gasteiger partial charge in [-0.1, -0.05) is 6.07 Å².